The van der Waals surface area contributed by atoms with Crippen molar-refractivity contribution in [3.8, 4) is 5.75 Å². The van der Waals surface area contributed by atoms with Gasteiger partial charge in [-0.1, -0.05) is 18.7 Å². The number of phenolic OH excluding ortho intramolecular Hbond substituents is 1. The van der Waals surface area contributed by atoms with Crippen LogP contribution in [0, 0.1) is 6.92 Å². The van der Waals surface area contributed by atoms with Crippen LogP contribution in [0.4, 0.5) is 0 Å². The van der Waals surface area contributed by atoms with Crippen molar-refractivity contribution in [2.24, 2.45) is 0 Å². The number of hydrogen-bond acceptors (Lipinski definition) is 3. The van der Waals surface area contributed by atoms with Crippen molar-refractivity contribution in [3.05, 3.63) is 35.9 Å². The van der Waals surface area contributed by atoms with Crippen LogP contribution in [0.1, 0.15) is 24.0 Å². The molecular weight excluding hydrogens is 228 g/mol. The summed E-state index contributed by atoms with van der Waals surface area (Å²) < 4.78 is 11.0. The van der Waals surface area contributed by atoms with Crippen LogP contribution in [-0.2, 0) is 9.47 Å². The van der Waals surface area contributed by atoms with Gasteiger partial charge in [0.05, 0.1) is 12.2 Å². The van der Waals surface area contributed by atoms with Gasteiger partial charge in [-0.3, -0.25) is 0 Å². The molecule has 1 saturated heterocycles. The second-order valence-corrected chi connectivity index (χ2v) is 4.97. The normalized spacial score (nSPS) is 23.2. The van der Waals surface area contributed by atoms with Gasteiger partial charge < -0.3 is 14.6 Å². The lowest BCUT2D eigenvalue weighted by atomic mass is 9.90. The Morgan fingerprint density at radius 2 is 2.33 bits per heavy atom. The third-order valence-corrected chi connectivity index (χ3v) is 3.65. The highest BCUT2D eigenvalue weighted by Gasteiger charge is 2.35. The predicted molar refractivity (Wildman–Crippen MR) is 71.7 cm³/mol. The van der Waals surface area contributed by atoms with Crippen molar-refractivity contribution in [1.82, 2.24) is 0 Å². The van der Waals surface area contributed by atoms with E-state index in [9.17, 15) is 5.11 Å². The fourth-order valence-electron chi connectivity index (χ4n) is 2.28. The summed E-state index contributed by atoms with van der Waals surface area (Å²) in [5, 5.41) is 9.73. The van der Waals surface area contributed by atoms with Crippen LogP contribution in [0.15, 0.2) is 24.8 Å². The number of phenols is 1. The molecule has 3 nitrogen and oxygen atoms in total. The summed E-state index contributed by atoms with van der Waals surface area (Å²) in [4.78, 5) is 0. The number of aryl methyl sites for hydroxylation is 1. The van der Waals surface area contributed by atoms with Crippen LogP contribution in [0.5, 0.6) is 5.75 Å². The van der Waals surface area contributed by atoms with Crippen molar-refractivity contribution in [2.75, 3.05) is 20.3 Å². The third kappa shape index (κ3) is 2.57. The lowest BCUT2D eigenvalue weighted by molar-refractivity contribution is -0.0126. The molecule has 0 amide bonds. The molecular formula is C15H20O3. The Bertz CT molecular complexity index is 445. The first-order valence-electron chi connectivity index (χ1n) is 6.17. The van der Waals surface area contributed by atoms with Crippen LogP contribution in [0.3, 0.4) is 0 Å². The van der Waals surface area contributed by atoms with Gasteiger partial charge in [-0.15, -0.1) is 0 Å². The van der Waals surface area contributed by atoms with Crippen LogP contribution < -0.4 is 0 Å². The fourth-order valence-corrected chi connectivity index (χ4v) is 2.28. The number of benzene rings is 1. The molecule has 1 aliphatic rings. The smallest absolute Gasteiger partial charge is 0.119 e. The summed E-state index contributed by atoms with van der Waals surface area (Å²) in [5.41, 5.74) is 2.55. The molecule has 1 aliphatic heterocycles. The van der Waals surface area contributed by atoms with Crippen molar-refractivity contribution >= 4 is 5.57 Å². The molecule has 18 heavy (non-hydrogen) atoms. The minimum Gasteiger partial charge on any atom is -0.508 e. The molecule has 0 spiro atoms. The van der Waals surface area contributed by atoms with E-state index in [1.54, 1.807) is 13.2 Å². The van der Waals surface area contributed by atoms with Gasteiger partial charge in [0.2, 0.25) is 0 Å². The van der Waals surface area contributed by atoms with Crippen LogP contribution in [0.2, 0.25) is 0 Å². The average molecular weight is 248 g/mol. The molecule has 0 radical (unpaired) electrons. The minimum absolute atomic E-state index is 0.252. The first-order chi connectivity index (χ1) is 8.56. The molecule has 1 fully saturated rings. The average Bonchev–Trinajstić information content (AvgIpc) is 2.82. The van der Waals surface area contributed by atoms with Crippen LogP contribution >= 0.6 is 0 Å². The molecule has 1 unspecified atom stereocenters. The number of rotatable bonds is 4. The van der Waals surface area contributed by atoms with Crippen LogP contribution in [-0.4, -0.2) is 31.0 Å². The molecule has 1 atom stereocenters. The van der Waals surface area contributed by atoms with E-state index >= 15 is 0 Å². The molecule has 1 aromatic rings. The van der Waals surface area contributed by atoms with E-state index in [4.69, 9.17) is 9.47 Å². The maximum atomic E-state index is 9.73. The second-order valence-electron chi connectivity index (χ2n) is 4.97. The minimum atomic E-state index is -0.252. The molecule has 1 heterocycles. The molecule has 1 N–H and O–H groups in total. The van der Waals surface area contributed by atoms with Crippen molar-refractivity contribution in [3.63, 3.8) is 0 Å². The Balaban J connectivity index is 2.13. The van der Waals surface area contributed by atoms with Crippen molar-refractivity contribution < 1.29 is 14.6 Å². The highest BCUT2D eigenvalue weighted by atomic mass is 16.5. The Morgan fingerprint density at radius 3 is 2.89 bits per heavy atom. The standard InChI is InChI=1S/C15H20O3/c1-11-4-5-13(8-14(11)16)12(2)9-15(17-3)6-7-18-10-15/h4-5,8,16H,2,6-7,9-10H2,1,3H3. The molecule has 3 heteroatoms. The van der Waals surface area contributed by atoms with E-state index in [2.05, 4.69) is 6.58 Å². The van der Waals surface area contributed by atoms with E-state index < -0.39 is 0 Å². The van der Waals surface area contributed by atoms with E-state index in [1.807, 2.05) is 19.1 Å². The predicted octanol–water partition coefficient (Wildman–Crippen LogP) is 2.91. The van der Waals surface area contributed by atoms with Crippen LogP contribution in [0.25, 0.3) is 5.57 Å². The number of ether oxygens (including phenoxy) is 2. The molecule has 0 bridgehead atoms. The molecule has 98 valence electrons. The molecule has 0 aromatic heterocycles. The largest absolute Gasteiger partial charge is 0.508 e. The highest BCUT2D eigenvalue weighted by Crippen LogP contribution is 2.34. The molecule has 0 aliphatic carbocycles. The van der Waals surface area contributed by atoms with Gasteiger partial charge >= 0.3 is 0 Å². The number of hydrogen-bond donors (Lipinski definition) is 1. The summed E-state index contributed by atoms with van der Waals surface area (Å²) in [6.45, 7) is 7.33. The zero-order valence-corrected chi connectivity index (χ0v) is 11.0. The molecule has 0 saturated carbocycles. The van der Waals surface area contributed by atoms with Gasteiger partial charge in [-0.25, -0.2) is 0 Å². The lowest BCUT2D eigenvalue weighted by Crippen LogP contribution is -2.31. The van der Waals surface area contributed by atoms with E-state index in [-0.39, 0.29) is 5.60 Å². The Labute approximate surface area is 108 Å². The third-order valence-electron chi connectivity index (χ3n) is 3.65. The summed E-state index contributed by atoms with van der Waals surface area (Å²) in [7, 11) is 1.72. The fraction of sp³-hybridized carbons (Fsp3) is 0.467. The zero-order valence-electron chi connectivity index (χ0n) is 11.0. The molecule has 1 aromatic carbocycles. The van der Waals surface area contributed by atoms with Crippen molar-refractivity contribution in [1.29, 1.82) is 0 Å². The lowest BCUT2D eigenvalue weighted by Gasteiger charge is -2.26. The Hall–Kier alpha value is -1.32. The van der Waals surface area contributed by atoms with Gasteiger partial charge in [-0.05, 0) is 29.7 Å². The highest BCUT2D eigenvalue weighted by molar-refractivity contribution is 5.66. The summed E-state index contributed by atoms with van der Waals surface area (Å²) in [6.07, 6.45) is 1.62. The maximum Gasteiger partial charge on any atom is 0.119 e. The number of aromatic hydroxyl groups is 1. The van der Waals surface area contributed by atoms with E-state index in [0.717, 1.165) is 36.1 Å². The second kappa shape index (κ2) is 5.12. The number of methoxy groups -OCH3 is 1. The zero-order chi connectivity index (χ0) is 13.2. The monoisotopic (exact) mass is 248 g/mol. The summed E-state index contributed by atoms with van der Waals surface area (Å²) >= 11 is 0. The quantitative estimate of drug-likeness (QED) is 0.890. The van der Waals surface area contributed by atoms with E-state index in [0.29, 0.717) is 12.4 Å². The Morgan fingerprint density at radius 1 is 1.56 bits per heavy atom. The SMILES string of the molecule is C=C(CC1(OC)CCOC1)c1ccc(C)c(O)c1. The Kier molecular flexibility index (Phi) is 3.73. The van der Waals surface area contributed by atoms with Gasteiger partial charge in [0, 0.05) is 26.6 Å². The van der Waals surface area contributed by atoms with Gasteiger partial charge in [0.1, 0.15) is 5.75 Å². The van der Waals surface area contributed by atoms with E-state index in [1.165, 1.54) is 0 Å². The summed E-state index contributed by atoms with van der Waals surface area (Å²) in [6, 6.07) is 5.65. The first kappa shape index (κ1) is 13.1. The van der Waals surface area contributed by atoms with Crippen molar-refractivity contribution in [2.45, 2.75) is 25.4 Å². The first-order valence-corrected chi connectivity index (χ1v) is 6.17. The van der Waals surface area contributed by atoms with Gasteiger partial charge in [-0.2, -0.15) is 0 Å². The topological polar surface area (TPSA) is 38.7 Å². The van der Waals surface area contributed by atoms with Gasteiger partial charge in [0.15, 0.2) is 0 Å². The van der Waals surface area contributed by atoms with Gasteiger partial charge in [0.25, 0.3) is 0 Å². The maximum absolute atomic E-state index is 9.73. The summed E-state index contributed by atoms with van der Waals surface area (Å²) in [5.74, 6) is 0.308. The molecule has 2 rings (SSSR count).